The fourth-order valence-electron chi connectivity index (χ4n) is 3.55. The van der Waals surface area contributed by atoms with E-state index in [0.29, 0.717) is 31.1 Å². The number of sulfonamides is 1. The van der Waals surface area contributed by atoms with E-state index in [4.69, 9.17) is 9.47 Å². The minimum atomic E-state index is -3.81. The van der Waals surface area contributed by atoms with Crippen LogP contribution in [0, 0.1) is 0 Å². The zero-order chi connectivity index (χ0) is 23.5. The number of ether oxygens (including phenoxy) is 2. The van der Waals surface area contributed by atoms with Crippen molar-refractivity contribution in [2.45, 2.75) is 49.3 Å². The molecule has 3 rings (SSSR count). The number of nitrogens with one attached hydrogen (secondary N) is 2. The molecule has 7 nitrogen and oxygen atoms in total. The third-order valence-electron chi connectivity index (χ3n) is 5.32. The van der Waals surface area contributed by atoms with Crippen molar-refractivity contribution in [3.05, 3.63) is 60.2 Å². The first-order valence-electron chi connectivity index (χ1n) is 11.1. The maximum atomic E-state index is 13.0. The Kier molecular flexibility index (Phi) is 10.2. The van der Waals surface area contributed by atoms with Crippen molar-refractivity contribution < 1.29 is 22.7 Å². The highest BCUT2D eigenvalue weighted by Gasteiger charge is 2.25. The van der Waals surface area contributed by atoms with Gasteiger partial charge in [0.05, 0.1) is 24.2 Å². The smallest absolute Gasteiger partial charge is 0.242 e. The molecule has 1 saturated heterocycles. The molecular weight excluding hydrogens is 460 g/mol. The monoisotopic (exact) mass is 492 g/mol. The van der Waals surface area contributed by atoms with Crippen molar-refractivity contribution in [1.29, 1.82) is 0 Å². The molecule has 0 radical (unpaired) electrons. The second-order valence-corrected chi connectivity index (χ2v) is 10.7. The van der Waals surface area contributed by atoms with Gasteiger partial charge in [-0.25, -0.2) is 8.42 Å². The number of amides is 1. The van der Waals surface area contributed by atoms with Crippen LogP contribution in [-0.4, -0.2) is 51.7 Å². The largest absolute Gasteiger partial charge is 0.376 e. The van der Waals surface area contributed by atoms with Gasteiger partial charge in [0.1, 0.15) is 6.04 Å². The van der Waals surface area contributed by atoms with Crippen molar-refractivity contribution in [2.75, 3.05) is 30.5 Å². The predicted octanol–water partition coefficient (Wildman–Crippen LogP) is 3.81. The Hall–Kier alpha value is -1.91. The Morgan fingerprint density at radius 2 is 2.00 bits per heavy atom. The third-order valence-corrected chi connectivity index (χ3v) is 7.45. The van der Waals surface area contributed by atoms with Crippen LogP contribution in [0.3, 0.4) is 0 Å². The van der Waals surface area contributed by atoms with E-state index in [2.05, 4.69) is 10.0 Å². The molecule has 0 spiro atoms. The molecule has 1 heterocycles. The Morgan fingerprint density at radius 1 is 1.18 bits per heavy atom. The number of hydrogen-bond acceptors (Lipinski definition) is 6. The van der Waals surface area contributed by atoms with Gasteiger partial charge in [-0.1, -0.05) is 30.3 Å². The Morgan fingerprint density at radius 3 is 2.73 bits per heavy atom. The maximum Gasteiger partial charge on any atom is 0.242 e. The molecule has 1 amide bonds. The average Bonchev–Trinajstić information content (AvgIpc) is 2.83. The van der Waals surface area contributed by atoms with E-state index in [0.717, 1.165) is 25.0 Å². The molecule has 0 saturated carbocycles. The van der Waals surface area contributed by atoms with E-state index in [9.17, 15) is 13.2 Å². The predicted molar refractivity (Wildman–Crippen MR) is 132 cm³/mol. The van der Waals surface area contributed by atoms with E-state index in [1.54, 1.807) is 36.0 Å². The van der Waals surface area contributed by atoms with Crippen LogP contribution in [0.1, 0.15) is 31.2 Å². The van der Waals surface area contributed by atoms with E-state index in [1.807, 2.05) is 24.5 Å². The Bertz CT molecular complexity index is 979. The van der Waals surface area contributed by atoms with Gasteiger partial charge in [0.25, 0.3) is 0 Å². The lowest BCUT2D eigenvalue weighted by Gasteiger charge is -2.22. The number of hydrogen-bond donors (Lipinski definition) is 2. The maximum absolute atomic E-state index is 13.0. The number of anilines is 1. The highest BCUT2D eigenvalue weighted by molar-refractivity contribution is 7.98. The SMILES string of the molecule is CSCCC(NS(=O)(=O)c1ccccc1)C(=O)Nc1cccc(COCC2CCCCO2)c1. The van der Waals surface area contributed by atoms with Gasteiger partial charge in [-0.15, -0.1) is 0 Å². The summed E-state index contributed by atoms with van der Waals surface area (Å²) in [6, 6.07) is 14.6. The zero-order valence-corrected chi connectivity index (χ0v) is 20.5. The summed E-state index contributed by atoms with van der Waals surface area (Å²) in [5.74, 6) is 0.254. The van der Waals surface area contributed by atoms with Crippen LogP contribution in [0.15, 0.2) is 59.5 Å². The van der Waals surface area contributed by atoms with Crippen molar-refractivity contribution in [2.24, 2.45) is 0 Å². The first-order chi connectivity index (χ1) is 16.0. The van der Waals surface area contributed by atoms with Crippen LogP contribution in [0.25, 0.3) is 0 Å². The summed E-state index contributed by atoms with van der Waals surface area (Å²) in [5.41, 5.74) is 1.53. The van der Waals surface area contributed by atoms with E-state index in [-0.39, 0.29) is 11.0 Å². The first-order valence-corrected chi connectivity index (χ1v) is 14.0. The number of rotatable bonds is 12. The topological polar surface area (TPSA) is 93.7 Å². The highest BCUT2D eigenvalue weighted by atomic mass is 32.2. The molecule has 2 aromatic rings. The quantitative estimate of drug-likeness (QED) is 0.468. The van der Waals surface area contributed by atoms with Crippen molar-refractivity contribution in [3.63, 3.8) is 0 Å². The highest BCUT2D eigenvalue weighted by Crippen LogP contribution is 2.17. The molecule has 0 bridgehead atoms. The van der Waals surface area contributed by atoms with Gasteiger partial charge >= 0.3 is 0 Å². The lowest BCUT2D eigenvalue weighted by atomic mass is 10.1. The van der Waals surface area contributed by atoms with Crippen molar-refractivity contribution in [3.8, 4) is 0 Å². The molecule has 2 unspecified atom stereocenters. The molecule has 0 aromatic heterocycles. The van der Waals surface area contributed by atoms with Gasteiger partial charge in [-0.3, -0.25) is 4.79 Å². The van der Waals surface area contributed by atoms with Crippen molar-refractivity contribution in [1.82, 2.24) is 4.72 Å². The summed E-state index contributed by atoms with van der Waals surface area (Å²) >= 11 is 1.56. The molecule has 180 valence electrons. The lowest BCUT2D eigenvalue weighted by molar-refractivity contribution is -0.117. The van der Waals surface area contributed by atoms with Crippen LogP contribution in [-0.2, 0) is 30.9 Å². The Balaban J connectivity index is 1.59. The summed E-state index contributed by atoms with van der Waals surface area (Å²) in [6.07, 6.45) is 5.74. The van der Waals surface area contributed by atoms with Crippen LogP contribution < -0.4 is 10.0 Å². The summed E-state index contributed by atoms with van der Waals surface area (Å²) in [7, 11) is -3.81. The summed E-state index contributed by atoms with van der Waals surface area (Å²) in [6.45, 7) is 1.76. The van der Waals surface area contributed by atoms with Crippen LogP contribution in [0.4, 0.5) is 5.69 Å². The van der Waals surface area contributed by atoms with Crippen LogP contribution in [0.5, 0.6) is 0 Å². The van der Waals surface area contributed by atoms with Gasteiger partial charge in [0.15, 0.2) is 0 Å². The molecule has 2 aromatic carbocycles. The van der Waals surface area contributed by atoms with Crippen LogP contribution >= 0.6 is 11.8 Å². The van der Waals surface area contributed by atoms with Gasteiger partial charge in [0.2, 0.25) is 15.9 Å². The van der Waals surface area contributed by atoms with Gasteiger partial charge < -0.3 is 14.8 Å². The molecule has 1 fully saturated rings. The fraction of sp³-hybridized carbons (Fsp3) is 0.458. The van der Waals surface area contributed by atoms with Gasteiger partial charge in [0, 0.05) is 12.3 Å². The fourth-order valence-corrected chi connectivity index (χ4v) is 5.27. The molecular formula is C24H32N2O5S2. The average molecular weight is 493 g/mol. The second-order valence-electron chi connectivity index (χ2n) is 7.96. The summed E-state index contributed by atoms with van der Waals surface area (Å²) in [4.78, 5) is 13.1. The summed E-state index contributed by atoms with van der Waals surface area (Å²) < 4.78 is 39.5. The molecule has 1 aliphatic heterocycles. The molecule has 33 heavy (non-hydrogen) atoms. The molecule has 0 aliphatic carbocycles. The van der Waals surface area contributed by atoms with E-state index in [1.165, 1.54) is 18.6 Å². The van der Waals surface area contributed by atoms with E-state index >= 15 is 0 Å². The number of benzene rings is 2. The summed E-state index contributed by atoms with van der Waals surface area (Å²) in [5, 5.41) is 2.85. The molecule has 9 heteroatoms. The second kappa shape index (κ2) is 13.1. The minimum Gasteiger partial charge on any atom is -0.376 e. The standard InChI is InChI=1S/C24H32N2O5S2/c1-32-15-13-23(26-33(28,29)22-11-3-2-4-12-22)24(27)25-20-9-7-8-19(16-20)17-30-18-21-10-5-6-14-31-21/h2-4,7-9,11-12,16,21,23,26H,5-6,10,13-15,17-18H2,1H3,(H,25,27). The zero-order valence-electron chi connectivity index (χ0n) is 18.9. The minimum absolute atomic E-state index is 0.132. The molecule has 2 atom stereocenters. The van der Waals surface area contributed by atoms with Gasteiger partial charge in [-0.2, -0.15) is 16.5 Å². The number of thioether (sulfide) groups is 1. The van der Waals surface area contributed by atoms with Crippen LogP contribution in [0.2, 0.25) is 0 Å². The molecule has 1 aliphatic rings. The Labute approximate surface area is 200 Å². The van der Waals surface area contributed by atoms with Crippen molar-refractivity contribution >= 4 is 33.4 Å². The first kappa shape index (κ1) is 25.7. The normalized spacial score (nSPS) is 17.4. The van der Waals surface area contributed by atoms with E-state index < -0.39 is 22.0 Å². The molecule has 2 N–H and O–H groups in total. The third kappa shape index (κ3) is 8.42. The van der Waals surface area contributed by atoms with Gasteiger partial charge in [-0.05, 0) is 67.5 Å². The number of carbonyl (C=O) groups excluding carboxylic acids is 1. The lowest BCUT2D eigenvalue weighted by Crippen LogP contribution is -2.44. The number of carbonyl (C=O) groups is 1.